The van der Waals surface area contributed by atoms with E-state index in [1.807, 2.05) is 7.05 Å². The summed E-state index contributed by atoms with van der Waals surface area (Å²) in [4.78, 5) is 15.8. The second-order valence-corrected chi connectivity index (χ2v) is 4.67. The van der Waals surface area contributed by atoms with E-state index >= 15 is 0 Å². The Hall–Kier alpha value is -1.69. The van der Waals surface area contributed by atoms with E-state index in [-0.39, 0.29) is 12.5 Å². The third-order valence-electron chi connectivity index (χ3n) is 3.22. The molecule has 0 aromatic heterocycles. The van der Waals surface area contributed by atoms with Crippen LogP contribution in [0.5, 0.6) is 0 Å². The first kappa shape index (κ1) is 13.7. The number of benzene rings is 1. The maximum atomic E-state index is 13.0. The number of hydrogen-bond acceptors (Lipinski definition) is 3. The Morgan fingerprint density at radius 3 is 2.53 bits per heavy atom. The van der Waals surface area contributed by atoms with Gasteiger partial charge in [-0.2, -0.15) is 0 Å². The number of carbonyl (C=O) groups is 1. The first-order valence-electron chi connectivity index (χ1n) is 6.21. The van der Waals surface area contributed by atoms with Gasteiger partial charge in [-0.05, 0) is 19.2 Å². The minimum absolute atomic E-state index is 0.0298. The minimum atomic E-state index is -0.919. The summed E-state index contributed by atoms with van der Waals surface area (Å²) < 4.78 is 25.7. The van der Waals surface area contributed by atoms with Gasteiger partial charge < -0.3 is 15.1 Å². The zero-order valence-corrected chi connectivity index (χ0v) is 10.8. The lowest BCUT2D eigenvalue weighted by molar-refractivity contribution is -0.130. The Balaban J connectivity index is 1.84. The summed E-state index contributed by atoms with van der Waals surface area (Å²) in [5.41, 5.74) is 0.404. The second kappa shape index (κ2) is 5.97. The summed E-state index contributed by atoms with van der Waals surface area (Å²) in [7, 11) is 2.02. The molecular weight excluding hydrogens is 252 g/mol. The van der Waals surface area contributed by atoms with Gasteiger partial charge >= 0.3 is 0 Å². The third-order valence-corrected chi connectivity index (χ3v) is 3.22. The van der Waals surface area contributed by atoms with Gasteiger partial charge in [-0.25, -0.2) is 8.78 Å². The van der Waals surface area contributed by atoms with Crippen LogP contribution in [0.25, 0.3) is 0 Å². The zero-order valence-electron chi connectivity index (χ0n) is 10.8. The number of hydrogen-bond donors (Lipinski definition) is 1. The highest BCUT2D eigenvalue weighted by Gasteiger charge is 2.18. The van der Waals surface area contributed by atoms with Crippen molar-refractivity contribution in [1.82, 2.24) is 9.80 Å². The van der Waals surface area contributed by atoms with Crippen LogP contribution < -0.4 is 5.32 Å². The summed E-state index contributed by atoms with van der Waals surface area (Å²) in [6.07, 6.45) is 0. The fourth-order valence-corrected chi connectivity index (χ4v) is 1.95. The molecule has 1 aliphatic rings. The highest BCUT2D eigenvalue weighted by Crippen LogP contribution is 2.12. The Morgan fingerprint density at radius 2 is 1.89 bits per heavy atom. The Kier molecular flexibility index (Phi) is 4.31. The van der Waals surface area contributed by atoms with Gasteiger partial charge in [-0.15, -0.1) is 0 Å². The Labute approximate surface area is 111 Å². The number of likely N-dealkylation sites (N-methyl/N-ethyl adjacent to an activating group) is 1. The molecule has 0 atom stereocenters. The smallest absolute Gasteiger partial charge is 0.241 e. The molecule has 4 nitrogen and oxygen atoms in total. The number of amides is 1. The van der Waals surface area contributed by atoms with Crippen molar-refractivity contribution in [2.75, 3.05) is 45.1 Å². The quantitative estimate of drug-likeness (QED) is 0.894. The van der Waals surface area contributed by atoms with Gasteiger partial charge in [-0.3, -0.25) is 4.79 Å². The molecule has 1 aromatic rings. The predicted octanol–water partition coefficient (Wildman–Crippen LogP) is 1.15. The molecule has 0 radical (unpaired) electrons. The van der Waals surface area contributed by atoms with Crippen molar-refractivity contribution in [3.63, 3.8) is 0 Å². The van der Waals surface area contributed by atoms with E-state index < -0.39 is 11.6 Å². The number of nitrogens with one attached hydrogen (secondary N) is 1. The molecule has 0 unspecified atom stereocenters. The van der Waals surface area contributed by atoms with Crippen molar-refractivity contribution >= 4 is 11.6 Å². The second-order valence-electron chi connectivity index (χ2n) is 4.67. The van der Waals surface area contributed by atoms with Crippen molar-refractivity contribution in [3.8, 4) is 0 Å². The van der Waals surface area contributed by atoms with E-state index in [0.717, 1.165) is 25.2 Å². The van der Waals surface area contributed by atoms with Gasteiger partial charge in [0, 0.05) is 37.9 Å². The van der Waals surface area contributed by atoms with Crippen LogP contribution in [-0.2, 0) is 4.79 Å². The molecule has 0 bridgehead atoms. The van der Waals surface area contributed by atoms with Gasteiger partial charge in [0.05, 0.1) is 6.54 Å². The van der Waals surface area contributed by atoms with E-state index in [2.05, 4.69) is 10.2 Å². The van der Waals surface area contributed by atoms with Crippen molar-refractivity contribution in [1.29, 1.82) is 0 Å². The van der Waals surface area contributed by atoms with Gasteiger partial charge in [-0.1, -0.05) is 0 Å². The fourth-order valence-electron chi connectivity index (χ4n) is 1.95. The maximum Gasteiger partial charge on any atom is 0.241 e. The summed E-state index contributed by atoms with van der Waals surface area (Å²) in [6, 6.07) is 3.50. The third kappa shape index (κ3) is 3.64. The maximum absolute atomic E-state index is 13.0. The number of piperazine rings is 1. The normalized spacial score (nSPS) is 16.5. The molecule has 1 amide bonds. The highest BCUT2D eigenvalue weighted by molar-refractivity contribution is 5.81. The molecule has 0 spiro atoms. The number of rotatable bonds is 3. The molecule has 1 N–H and O–H groups in total. The average molecular weight is 269 g/mol. The fraction of sp³-hybridized carbons (Fsp3) is 0.462. The molecule has 19 heavy (non-hydrogen) atoms. The average Bonchev–Trinajstić information content (AvgIpc) is 2.40. The molecule has 0 saturated carbocycles. The molecule has 1 saturated heterocycles. The molecule has 1 heterocycles. The Bertz CT molecular complexity index is 459. The molecule has 0 aliphatic carbocycles. The standard InChI is InChI=1S/C13H17F2N3O/c1-17-4-6-18(7-5-17)13(19)9-16-10-2-3-11(14)12(15)8-10/h2-3,8,16H,4-7,9H2,1H3. The summed E-state index contributed by atoms with van der Waals surface area (Å²) in [6.45, 7) is 3.21. The van der Waals surface area contributed by atoms with Crippen LogP contribution in [0.2, 0.25) is 0 Å². The zero-order chi connectivity index (χ0) is 13.8. The van der Waals surface area contributed by atoms with Crippen LogP contribution in [0.15, 0.2) is 18.2 Å². The number of nitrogens with zero attached hydrogens (tertiary/aromatic N) is 2. The van der Waals surface area contributed by atoms with E-state index in [1.165, 1.54) is 6.07 Å². The summed E-state index contributed by atoms with van der Waals surface area (Å²) in [5.74, 6) is -1.84. The van der Waals surface area contributed by atoms with Crippen LogP contribution in [0.1, 0.15) is 0 Å². The van der Waals surface area contributed by atoms with Gasteiger partial charge in [0.1, 0.15) is 0 Å². The van der Waals surface area contributed by atoms with Gasteiger partial charge in [0.15, 0.2) is 11.6 Å². The van der Waals surface area contributed by atoms with Crippen LogP contribution in [0, 0.1) is 11.6 Å². The summed E-state index contributed by atoms with van der Waals surface area (Å²) >= 11 is 0. The van der Waals surface area contributed by atoms with Gasteiger partial charge in [0.25, 0.3) is 0 Å². The molecule has 1 fully saturated rings. The van der Waals surface area contributed by atoms with Crippen molar-refractivity contribution in [3.05, 3.63) is 29.8 Å². The van der Waals surface area contributed by atoms with Crippen molar-refractivity contribution in [2.45, 2.75) is 0 Å². The summed E-state index contributed by atoms with van der Waals surface area (Å²) in [5, 5.41) is 2.81. The SMILES string of the molecule is CN1CCN(C(=O)CNc2ccc(F)c(F)c2)CC1. The van der Waals surface area contributed by atoms with E-state index in [0.29, 0.717) is 18.8 Å². The van der Waals surface area contributed by atoms with Crippen LogP contribution in [0.3, 0.4) is 0 Å². The largest absolute Gasteiger partial charge is 0.376 e. The minimum Gasteiger partial charge on any atom is -0.376 e. The molecular formula is C13H17F2N3O. The lowest BCUT2D eigenvalue weighted by atomic mass is 10.3. The first-order valence-corrected chi connectivity index (χ1v) is 6.21. The van der Waals surface area contributed by atoms with Gasteiger partial charge in [0.2, 0.25) is 5.91 Å². The van der Waals surface area contributed by atoms with Crippen molar-refractivity contribution in [2.24, 2.45) is 0 Å². The number of halogens is 2. The highest BCUT2D eigenvalue weighted by atomic mass is 19.2. The van der Waals surface area contributed by atoms with Crippen LogP contribution in [-0.4, -0.2) is 55.5 Å². The number of carbonyl (C=O) groups excluding carboxylic acids is 1. The topological polar surface area (TPSA) is 35.6 Å². The molecule has 6 heteroatoms. The lowest BCUT2D eigenvalue weighted by Crippen LogP contribution is -2.48. The molecule has 1 aromatic carbocycles. The van der Waals surface area contributed by atoms with E-state index in [1.54, 1.807) is 4.90 Å². The predicted molar refractivity (Wildman–Crippen MR) is 68.9 cm³/mol. The van der Waals surface area contributed by atoms with Crippen molar-refractivity contribution < 1.29 is 13.6 Å². The molecule has 2 rings (SSSR count). The van der Waals surface area contributed by atoms with E-state index in [9.17, 15) is 13.6 Å². The molecule has 104 valence electrons. The Morgan fingerprint density at radius 1 is 1.21 bits per heavy atom. The van der Waals surface area contributed by atoms with Crippen LogP contribution in [0.4, 0.5) is 14.5 Å². The first-order chi connectivity index (χ1) is 9.06. The lowest BCUT2D eigenvalue weighted by Gasteiger charge is -2.32. The monoisotopic (exact) mass is 269 g/mol. The molecule has 1 aliphatic heterocycles. The van der Waals surface area contributed by atoms with E-state index in [4.69, 9.17) is 0 Å². The number of anilines is 1. The van der Waals surface area contributed by atoms with Crippen LogP contribution >= 0.6 is 0 Å².